The van der Waals surface area contributed by atoms with Gasteiger partial charge in [-0.25, -0.2) is 0 Å². The number of aromatic amines is 1. The van der Waals surface area contributed by atoms with E-state index in [9.17, 15) is 9.59 Å². The third-order valence-corrected chi connectivity index (χ3v) is 3.66. The van der Waals surface area contributed by atoms with Gasteiger partial charge in [0.2, 0.25) is 0 Å². The molecule has 1 heterocycles. The summed E-state index contributed by atoms with van der Waals surface area (Å²) in [6.07, 6.45) is 2.35. The molecule has 0 saturated heterocycles. The van der Waals surface area contributed by atoms with Gasteiger partial charge in [-0.15, -0.1) is 0 Å². The lowest BCUT2D eigenvalue weighted by Crippen LogP contribution is -2.32. The van der Waals surface area contributed by atoms with Gasteiger partial charge in [0, 0.05) is 17.4 Å². The van der Waals surface area contributed by atoms with E-state index in [-0.39, 0.29) is 17.0 Å². The van der Waals surface area contributed by atoms with Crippen LogP contribution in [0.5, 0.6) is 0 Å². The highest BCUT2D eigenvalue weighted by Gasteiger charge is 2.23. The molecule has 1 fully saturated rings. The maximum Gasteiger partial charge on any atom is 0.261 e. The van der Waals surface area contributed by atoms with Crippen LogP contribution in [0.25, 0.3) is 10.9 Å². The number of carbonyl (C=O) groups excluding carboxylic acids is 1. The summed E-state index contributed by atoms with van der Waals surface area (Å²) in [5.41, 5.74) is 1.43. The van der Waals surface area contributed by atoms with Crippen LogP contribution in [0.1, 0.15) is 28.8 Å². The highest BCUT2D eigenvalue weighted by molar-refractivity contribution is 5.99. The molecule has 0 atom stereocenters. The lowest BCUT2D eigenvalue weighted by molar-refractivity contribution is 0.0950. The van der Waals surface area contributed by atoms with E-state index in [0.29, 0.717) is 12.5 Å². The van der Waals surface area contributed by atoms with Crippen molar-refractivity contribution in [1.82, 2.24) is 10.3 Å². The highest BCUT2D eigenvalue weighted by atomic mass is 16.2. The molecule has 1 aliphatic rings. The van der Waals surface area contributed by atoms with Crippen LogP contribution in [0, 0.1) is 12.8 Å². The molecule has 2 aromatic rings. The Balaban J connectivity index is 2.01. The first-order valence-corrected chi connectivity index (χ1v) is 6.56. The van der Waals surface area contributed by atoms with Crippen LogP contribution < -0.4 is 10.9 Å². The smallest absolute Gasteiger partial charge is 0.261 e. The molecule has 1 aromatic carbocycles. The second-order valence-electron chi connectivity index (χ2n) is 5.15. The minimum absolute atomic E-state index is 0.236. The van der Waals surface area contributed by atoms with Crippen molar-refractivity contribution < 1.29 is 4.79 Å². The van der Waals surface area contributed by atoms with Crippen LogP contribution in [0.15, 0.2) is 29.1 Å². The minimum atomic E-state index is -0.315. The van der Waals surface area contributed by atoms with Gasteiger partial charge < -0.3 is 10.3 Å². The molecule has 0 radical (unpaired) electrons. The summed E-state index contributed by atoms with van der Waals surface area (Å²) in [6, 6.07) is 7.53. The van der Waals surface area contributed by atoms with Crippen molar-refractivity contribution >= 4 is 16.8 Å². The fourth-order valence-electron chi connectivity index (χ4n) is 2.33. The first-order valence-electron chi connectivity index (χ1n) is 6.56. The van der Waals surface area contributed by atoms with Crippen LogP contribution in [0.2, 0.25) is 0 Å². The molecule has 1 saturated carbocycles. The summed E-state index contributed by atoms with van der Waals surface area (Å²) in [4.78, 5) is 26.9. The Hall–Kier alpha value is -2.10. The second kappa shape index (κ2) is 4.53. The van der Waals surface area contributed by atoms with E-state index in [2.05, 4.69) is 10.3 Å². The third-order valence-electron chi connectivity index (χ3n) is 3.66. The Labute approximate surface area is 110 Å². The lowest BCUT2D eigenvalue weighted by Gasteiger charge is -2.09. The number of pyridine rings is 1. The fourth-order valence-corrected chi connectivity index (χ4v) is 2.33. The zero-order chi connectivity index (χ0) is 13.4. The fraction of sp³-hybridized carbons (Fsp3) is 0.333. The maximum absolute atomic E-state index is 12.1. The van der Waals surface area contributed by atoms with E-state index in [4.69, 9.17) is 0 Å². The van der Waals surface area contributed by atoms with Crippen LogP contribution in [-0.2, 0) is 0 Å². The molecule has 0 bridgehead atoms. The van der Waals surface area contributed by atoms with E-state index >= 15 is 0 Å². The molecule has 2 N–H and O–H groups in total. The number of amides is 1. The standard InChI is InChI=1S/C15H16N2O2/c1-9-11-4-2-3-5-12(11)17-15(19)13(9)14(18)16-8-10-6-7-10/h2-5,10H,6-8H2,1H3,(H,16,18)(H,17,19). The molecule has 19 heavy (non-hydrogen) atoms. The van der Waals surface area contributed by atoms with Crippen molar-refractivity contribution in [2.24, 2.45) is 5.92 Å². The summed E-state index contributed by atoms with van der Waals surface area (Å²) < 4.78 is 0. The number of H-pyrrole nitrogens is 1. The number of benzene rings is 1. The van der Waals surface area contributed by atoms with Crippen molar-refractivity contribution in [3.8, 4) is 0 Å². The molecule has 98 valence electrons. The zero-order valence-electron chi connectivity index (χ0n) is 10.8. The Morgan fingerprint density at radius 2 is 2.11 bits per heavy atom. The largest absolute Gasteiger partial charge is 0.352 e. The van der Waals surface area contributed by atoms with Crippen molar-refractivity contribution in [3.63, 3.8) is 0 Å². The van der Waals surface area contributed by atoms with Crippen molar-refractivity contribution in [3.05, 3.63) is 45.7 Å². The van der Waals surface area contributed by atoms with E-state index in [1.165, 1.54) is 12.8 Å². The number of carbonyl (C=O) groups is 1. The topological polar surface area (TPSA) is 62.0 Å². The van der Waals surface area contributed by atoms with Gasteiger partial charge >= 0.3 is 0 Å². The van der Waals surface area contributed by atoms with E-state index in [1.54, 1.807) is 0 Å². The first kappa shape index (κ1) is 12.0. The number of aromatic nitrogens is 1. The van der Waals surface area contributed by atoms with Gasteiger partial charge in [-0.1, -0.05) is 18.2 Å². The summed E-state index contributed by atoms with van der Waals surface area (Å²) in [5, 5.41) is 3.76. The van der Waals surface area contributed by atoms with Gasteiger partial charge in [0.15, 0.2) is 0 Å². The molecule has 0 spiro atoms. The first-order chi connectivity index (χ1) is 9.16. The third kappa shape index (κ3) is 2.26. The van der Waals surface area contributed by atoms with Crippen molar-refractivity contribution in [2.75, 3.05) is 6.54 Å². The molecule has 4 heteroatoms. The number of hydrogen-bond acceptors (Lipinski definition) is 2. The second-order valence-corrected chi connectivity index (χ2v) is 5.15. The van der Waals surface area contributed by atoms with E-state index in [0.717, 1.165) is 16.5 Å². The summed E-state index contributed by atoms with van der Waals surface area (Å²) in [7, 11) is 0. The molecular formula is C15H16N2O2. The number of aryl methyl sites for hydroxylation is 1. The lowest BCUT2D eigenvalue weighted by atomic mass is 10.0. The zero-order valence-corrected chi connectivity index (χ0v) is 10.8. The Bertz CT molecular complexity index is 699. The Kier molecular flexibility index (Phi) is 2.85. The van der Waals surface area contributed by atoms with Gasteiger partial charge in [-0.05, 0) is 37.3 Å². The molecular weight excluding hydrogens is 240 g/mol. The van der Waals surface area contributed by atoms with Crippen LogP contribution in [0.4, 0.5) is 0 Å². The van der Waals surface area contributed by atoms with Gasteiger partial charge in [0.05, 0.1) is 0 Å². The average Bonchev–Trinajstić information content (AvgIpc) is 3.20. The molecule has 1 aromatic heterocycles. The monoisotopic (exact) mass is 256 g/mol. The highest BCUT2D eigenvalue weighted by Crippen LogP contribution is 2.27. The predicted molar refractivity (Wildman–Crippen MR) is 74.4 cm³/mol. The van der Waals surface area contributed by atoms with E-state index < -0.39 is 0 Å². The summed E-state index contributed by atoms with van der Waals surface area (Å²) in [6.45, 7) is 2.49. The SMILES string of the molecule is Cc1c(C(=O)NCC2CC2)c(=O)[nH]c2ccccc12. The number of fused-ring (bicyclic) bond motifs is 1. The van der Waals surface area contributed by atoms with Crippen molar-refractivity contribution in [2.45, 2.75) is 19.8 Å². The minimum Gasteiger partial charge on any atom is -0.352 e. The normalized spacial score (nSPS) is 14.6. The predicted octanol–water partition coefficient (Wildman–Crippen LogP) is 1.98. The van der Waals surface area contributed by atoms with E-state index in [1.807, 2.05) is 31.2 Å². The molecule has 0 aliphatic heterocycles. The molecule has 3 rings (SSSR count). The molecule has 0 unspecified atom stereocenters. The van der Waals surface area contributed by atoms with Crippen molar-refractivity contribution in [1.29, 1.82) is 0 Å². The maximum atomic E-state index is 12.1. The Morgan fingerprint density at radius 1 is 1.37 bits per heavy atom. The molecule has 1 amide bonds. The average molecular weight is 256 g/mol. The van der Waals surface area contributed by atoms with Gasteiger partial charge in [-0.3, -0.25) is 9.59 Å². The Morgan fingerprint density at radius 3 is 2.84 bits per heavy atom. The van der Waals surface area contributed by atoms with Gasteiger partial charge in [0.25, 0.3) is 11.5 Å². The van der Waals surface area contributed by atoms with Crippen LogP contribution >= 0.6 is 0 Å². The quantitative estimate of drug-likeness (QED) is 0.882. The number of rotatable bonds is 3. The number of hydrogen-bond donors (Lipinski definition) is 2. The van der Waals surface area contributed by atoms with Crippen LogP contribution in [-0.4, -0.2) is 17.4 Å². The van der Waals surface area contributed by atoms with Gasteiger partial charge in [-0.2, -0.15) is 0 Å². The summed E-state index contributed by atoms with van der Waals surface area (Å²) in [5.74, 6) is 0.334. The van der Waals surface area contributed by atoms with Gasteiger partial charge in [0.1, 0.15) is 5.56 Å². The summed E-state index contributed by atoms with van der Waals surface area (Å²) >= 11 is 0. The number of nitrogens with one attached hydrogen (secondary N) is 2. The molecule has 4 nitrogen and oxygen atoms in total. The molecule has 1 aliphatic carbocycles. The number of para-hydroxylation sites is 1. The van der Waals surface area contributed by atoms with Crippen LogP contribution in [0.3, 0.4) is 0 Å².